The van der Waals surface area contributed by atoms with Crippen LogP contribution < -0.4 is 0 Å². The molecule has 0 saturated heterocycles. The fourth-order valence-electron chi connectivity index (χ4n) is 1.67. The number of benzene rings is 1. The van der Waals surface area contributed by atoms with Gasteiger partial charge in [0.2, 0.25) is 5.16 Å². The second kappa shape index (κ2) is 5.74. The van der Waals surface area contributed by atoms with Crippen LogP contribution in [-0.2, 0) is 29.1 Å². The molecule has 0 spiro atoms. The normalized spacial score (nSPS) is 13.4. The fraction of sp³-hybridized carbons (Fsp3) is 0.333. The molecule has 0 aliphatic heterocycles. The highest BCUT2D eigenvalue weighted by Gasteiger charge is 2.33. The average molecular weight is 303 g/mol. The van der Waals surface area contributed by atoms with Crippen molar-refractivity contribution in [3.8, 4) is 0 Å². The average Bonchev–Trinajstić information content (AvgIpc) is 2.87. The van der Waals surface area contributed by atoms with Crippen molar-refractivity contribution in [1.29, 1.82) is 0 Å². The van der Waals surface area contributed by atoms with Crippen LogP contribution in [0.25, 0.3) is 0 Å². The Morgan fingerprint density at radius 2 is 2.00 bits per heavy atom. The molecule has 1 N–H and O–H groups in total. The van der Waals surface area contributed by atoms with Gasteiger partial charge in [0.15, 0.2) is 0 Å². The summed E-state index contributed by atoms with van der Waals surface area (Å²) in [5.41, 5.74) is -0.805. The van der Waals surface area contributed by atoms with Crippen LogP contribution in [0.2, 0.25) is 0 Å². The molecule has 0 amide bonds. The van der Waals surface area contributed by atoms with Gasteiger partial charge in [-0.3, -0.25) is 9.31 Å². The third-order valence-corrected chi connectivity index (χ3v) is 3.82. The minimum Gasteiger partial charge on any atom is -0.262 e. The highest BCUT2D eigenvalue weighted by atomic mass is 32.2. The molecule has 0 unspecified atom stereocenters. The molecule has 20 heavy (non-hydrogen) atoms. The van der Waals surface area contributed by atoms with Crippen molar-refractivity contribution in [2.45, 2.75) is 30.4 Å². The summed E-state index contributed by atoms with van der Waals surface area (Å²) in [6.45, 7) is 1.84. The summed E-state index contributed by atoms with van der Waals surface area (Å²) < 4.78 is 50.5. The van der Waals surface area contributed by atoms with Gasteiger partial charge >= 0.3 is 6.18 Å². The lowest BCUT2D eigenvalue weighted by atomic mass is 10.1. The summed E-state index contributed by atoms with van der Waals surface area (Å²) in [6, 6.07) is 5.07. The van der Waals surface area contributed by atoms with Crippen molar-refractivity contribution in [2.75, 3.05) is 0 Å². The van der Waals surface area contributed by atoms with E-state index in [1.165, 1.54) is 18.2 Å². The molecule has 108 valence electrons. The number of aromatic amines is 1. The van der Waals surface area contributed by atoms with Crippen LogP contribution >= 0.6 is 0 Å². The summed E-state index contributed by atoms with van der Waals surface area (Å²) in [5.74, 6) is 0.286. The summed E-state index contributed by atoms with van der Waals surface area (Å²) in [7, 11) is -1.71. The summed E-state index contributed by atoms with van der Waals surface area (Å²) in [5, 5.41) is 6.37. The smallest absolute Gasteiger partial charge is 0.262 e. The topological polar surface area (TPSA) is 58.6 Å². The lowest BCUT2D eigenvalue weighted by Crippen LogP contribution is -2.11. The minimum absolute atomic E-state index is 0.0267. The molecule has 0 aliphatic rings. The number of halogens is 3. The van der Waals surface area contributed by atoms with Gasteiger partial charge in [-0.2, -0.15) is 13.2 Å². The molecule has 1 heterocycles. The molecule has 8 heteroatoms. The van der Waals surface area contributed by atoms with E-state index < -0.39 is 22.5 Å². The zero-order valence-corrected chi connectivity index (χ0v) is 11.4. The first kappa shape index (κ1) is 14.7. The van der Waals surface area contributed by atoms with E-state index in [0.717, 1.165) is 6.07 Å². The van der Waals surface area contributed by atoms with Gasteiger partial charge < -0.3 is 0 Å². The number of nitrogens with one attached hydrogen (secondary N) is 1. The molecule has 0 aliphatic carbocycles. The maximum atomic E-state index is 12.8. The molecule has 0 saturated carbocycles. The van der Waals surface area contributed by atoms with E-state index in [4.69, 9.17) is 0 Å². The molecule has 0 bridgehead atoms. The van der Waals surface area contributed by atoms with Crippen molar-refractivity contribution in [1.82, 2.24) is 15.2 Å². The van der Waals surface area contributed by atoms with E-state index >= 15 is 0 Å². The predicted octanol–water partition coefficient (Wildman–Crippen LogP) is 2.69. The van der Waals surface area contributed by atoms with Crippen molar-refractivity contribution in [3.05, 3.63) is 41.2 Å². The Kier molecular flexibility index (Phi) is 4.22. The van der Waals surface area contributed by atoms with Crippen molar-refractivity contribution < 1.29 is 17.4 Å². The van der Waals surface area contributed by atoms with Gasteiger partial charge in [-0.1, -0.05) is 25.1 Å². The standard InChI is InChI=1S/C12H12F3N3OS/c1-2-10-16-11(18-17-10)20(19)7-8-5-3-4-6-9(8)12(13,14)15/h3-6H,2,7H2,1H3,(H,16,17,18)/t20-/m1/s1. The molecule has 4 nitrogen and oxygen atoms in total. The monoisotopic (exact) mass is 303 g/mol. The molecule has 1 aromatic heterocycles. The Bertz CT molecular complexity index is 624. The third-order valence-electron chi connectivity index (χ3n) is 2.66. The van der Waals surface area contributed by atoms with Gasteiger partial charge in [-0.15, -0.1) is 5.10 Å². The molecular weight excluding hydrogens is 291 g/mol. The maximum Gasteiger partial charge on any atom is 0.416 e. The van der Waals surface area contributed by atoms with Crippen LogP contribution in [-0.4, -0.2) is 19.4 Å². The van der Waals surface area contributed by atoms with Crippen LogP contribution in [0.4, 0.5) is 13.2 Å². The highest BCUT2D eigenvalue weighted by molar-refractivity contribution is 7.84. The number of hydrogen-bond donors (Lipinski definition) is 1. The fourth-order valence-corrected chi connectivity index (χ4v) is 2.69. The van der Waals surface area contributed by atoms with E-state index in [2.05, 4.69) is 15.2 Å². The van der Waals surface area contributed by atoms with Crippen molar-refractivity contribution in [3.63, 3.8) is 0 Å². The second-order valence-corrected chi connectivity index (χ2v) is 5.41. The molecule has 1 atom stereocenters. The quantitative estimate of drug-likeness (QED) is 0.944. The Hall–Kier alpha value is -1.70. The molecule has 0 fully saturated rings. The van der Waals surface area contributed by atoms with E-state index in [9.17, 15) is 17.4 Å². The highest BCUT2D eigenvalue weighted by Crippen LogP contribution is 2.32. The Labute approximate surface area is 115 Å². The van der Waals surface area contributed by atoms with Crippen LogP contribution in [0.15, 0.2) is 29.4 Å². The van der Waals surface area contributed by atoms with Crippen molar-refractivity contribution in [2.24, 2.45) is 0 Å². The van der Waals surface area contributed by atoms with Crippen LogP contribution in [0.3, 0.4) is 0 Å². The first-order valence-corrected chi connectivity index (χ1v) is 7.18. The zero-order chi connectivity index (χ0) is 14.8. The summed E-state index contributed by atoms with van der Waals surface area (Å²) in [6.07, 6.45) is -3.88. The first-order chi connectivity index (χ1) is 9.41. The van der Waals surface area contributed by atoms with Gasteiger partial charge in [0.05, 0.1) is 22.1 Å². The largest absolute Gasteiger partial charge is 0.416 e. The van der Waals surface area contributed by atoms with Crippen LogP contribution in [0, 0.1) is 0 Å². The number of hydrogen-bond acceptors (Lipinski definition) is 3. The third kappa shape index (κ3) is 3.24. The van der Waals surface area contributed by atoms with E-state index in [1.54, 1.807) is 0 Å². The van der Waals surface area contributed by atoms with Gasteiger partial charge in [0, 0.05) is 6.42 Å². The lowest BCUT2D eigenvalue weighted by molar-refractivity contribution is -0.138. The molecule has 1 aromatic carbocycles. The molecule has 2 rings (SSSR count). The second-order valence-electron chi connectivity index (χ2n) is 4.06. The molecular formula is C12H12F3N3OS. The zero-order valence-electron chi connectivity index (χ0n) is 10.6. The van der Waals surface area contributed by atoms with E-state index in [1.807, 2.05) is 6.92 Å². The minimum atomic E-state index is -4.46. The van der Waals surface area contributed by atoms with Crippen LogP contribution in [0.5, 0.6) is 0 Å². The van der Waals surface area contributed by atoms with E-state index in [-0.39, 0.29) is 16.5 Å². The molecule has 0 radical (unpaired) electrons. The first-order valence-electron chi connectivity index (χ1n) is 5.86. The Morgan fingerprint density at radius 1 is 1.30 bits per heavy atom. The number of H-pyrrole nitrogens is 1. The Balaban J connectivity index is 2.24. The van der Waals surface area contributed by atoms with Gasteiger partial charge in [0.25, 0.3) is 0 Å². The van der Waals surface area contributed by atoms with Gasteiger partial charge in [0.1, 0.15) is 5.82 Å². The molecule has 2 aromatic rings. The Morgan fingerprint density at radius 3 is 2.60 bits per heavy atom. The van der Waals surface area contributed by atoms with E-state index in [0.29, 0.717) is 12.2 Å². The number of aryl methyl sites for hydroxylation is 1. The summed E-state index contributed by atoms with van der Waals surface area (Å²) >= 11 is 0. The van der Waals surface area contributed by atoms with Crippen LogP contribution in [0.1, 0.15) is 23.9 Å². The SMILES string of the molecule is CCc1nc([S@](=O)Cc2ccccc2C(F)(F)F)n[nH]1. The number of nitrogens with zero attached hydrogens (tertiary/aromatic N) is 2. The number of aromatic nitrogens is 3. The van der Waals surface area contributed by atoms with Crippen molar-refractivity contribution >= 4 is 10.8 Å². The predicted molar refractivity (Wildman–Crippen MR) is 67.3 cm³/mol. The maximum absolute atomic E-state index is 12.8. The van der Waals surface area contributed by atoms with Gasteiger partial charge in [-0.25, -0.2) is 4.98 Å². The number of alkyl halides is 3. The summed E-state index contributed by atoms with van der Waals surface area (Å²) in [4.78, 5) is 3.97. The lowest BCUT2D eigenvalue weighted by Gasteiger charge is -2.11. The number of rotatable bonds is 4. The van der Waals surface area contributed by atoms with Gasteiger partial charge in [-0.05, 0) is 11.6 Å².